The zero-order valence-corrected chi connectivity index (χ0v) is 14.0. The molecular formula is C18H37NO. The molecule has 0 saturated carbocycles. The van der Waals surface area contributed by atoms with Gasteiger partial charge < -0.3 is 10.5 Å². The zero-order valence-electron chi connectivity index (χ0n) is 14.0. The van der Waals surface area contributed by atoms with Crippen molar-refractivity contribution in [3.63, 3.8) is 0 Å². The molecule has 0 spiro atoms. The van der Waals surface area contributed by atoms with Crippen molar-refractivity contribution < 1.29 is 4.74 Å². The van der Waals surface area contributed by atoms with Gasteiger partial charge in [0.2, 0.25) is 0 Å². The number of ether oxygens (including phenoxy) is 1. The minimum Gasteiger partial charge on any atom is -0.374 e. The monoisotopic (exact) mass is 283 g/mol. The average Bonchev–Trinajstić information content (AvgIpc) is 2.89. The van der Waals surface area contributed by atoms with Gasteiger partial charge in [-0.1, -0.05) is 71.1 Å². The second-order valence-electron chi connectivity index (χ2n) is 6.84. The van der Waals surface area contributed by atoms with Gasteiger partial charge in [-0.15, -0.1) is 0 Å². The van der Waals surface area contributed by atoms with Crippen molar-refractivity contribution in [3.05, 3.63) is 0 Å². The Morgan fingerprint density at radius 1 is 0.950 bits per heavy atom. The van der Waals surface area contributed by atoms with Gasteiger partial charge in [0.05, 0.1) is 5.60 Å². The van der Waals surface area contributed by atoms with Crippen LogP contribution >= 0.6 is 0 Å². The molecule has 2 N–H and O–H groups in total. The molecule has 0 aromatic carbocycles. The van der Waals surface area contributed by atoms with E-state index in [9.17, 15) is 0 Å². The molecule has 2 atom stereocenters. The summed E-state index contributed by atoms with van der Waals surface area (Å²) in [4.78, 5) is 0. The van der Waals surface area contributed by atoms with Crippen molar-refractivity contribution in [2.45, 2.75) is 109 Å². The fourth-order valence-corrected chi connectivity index (χ4v) is 3.25. The first-order valence-corrected chi connectivity index (χ1v) is 9.08. The molecule has 0 aromatic heterocycles. The van der Waals surface area contributed by atoms with Crippen LogP contribution in [0.3, 0.4) is 0 Å². The number of unbranched alkanes of at least 4 members (excludes halogenated alkanes) is 9. The zero-order chi connectivity index (χ0) is 14.7. The largest absolute Gasteiger partial charge is 0.374 e. The minimum absolute atomic E-state index is 0.0285. The lowest BCUT2D eigenvalue weighted by atomic mass is 9.90. The van der Waals surface area contributed by atoms with E-state index in [1.807, 2.05) is 0 Å². The van der Waals surface area contributed by atoms with Crippen LogP contribution in [0.15, 0.2) is 0 Å². The average molecular weight is 284 g/mol. The SMILES string of the molecule is CCCCCCCCCCCCC(N)C1(C)CCCO1. The summed E-state index contributed by atoms with van der Waals surface area (Å²) in [6.45, 7) is 5.38. The van der Waals surface area contributed by atoms with Crippen molar-refractivity contribution in [3.8, 4) is 0 Å². The second kappa shape index (κ2) is 10.6. The van der Waals surface area contributed by atoms with Gasteiger partial charge in [-0.25, -0.2) is 0 Å². The molecule has 0 amide bonds. The molecule has 0 aromatic rings. The van der Waals surface area contributed by atoms with E-state index in [0.29, 0.717) is 0 Å². The van der Waals surface area contributed by atoms with E-state index in [-0.39, 0.29) is 11.6 Å². The van der Waals surface area contributed by atoms with E-state index in [2.05, 4.69) is 13.8 Å². The maximum atomic E-state index is 6.30. The van der Waals surface area contributed by atoms with Crippen molar-refractivity contribution in [1.82, 2.24) is 0 Å². The lowest BCUT2D eigenvalue weighted by molar-refractivity contribution is -0.00364. The van der Waals surface area contributed by atoms with E-state index in [1.165, 1.54) is 70.6 Å². The number of nitrogens with two attached hydrogens (primary N) is 1. The molecule has 1 rings (SSSR count). The van der Waals surface area contributed by atoms with Gasteiger partial charge in [0.15, 0.2) is 0 Å². The minimum atomic E-state index is -0.0285. The first-order valence-electron chi connectivity index (χ1n) is 9.08. The van der Waals surface area contributed by atoms with Crippen molar-refractivity contribution in [2.24, 2.45) is 5.73 Å². The quantitative estimate of drug-likeness (QED) is 0.500. The Morgan fingerprint density at radius 3 is 2.00 bits per heavy atom. The van der Waals surface area contributed by atoms with Crippen LogP contribution in [-0.4, -0.2) is 18.2 Å². The lowest BCUT2D eigenvalue weighted by Crippen LogP contribution is -2.44. The van der Waals surface area contributed by atoms with Gasteiger partial charge in [-0.3, -0.25) is 0 Å². The molecule has 2 heteroatoms. The number of rotatable bonds is 12. The van der Waals surface area contributed by atoms with Crippen molar-refractivity contribution >= 4 is 0 Å². The molecule has 1 saturated heterocycles. The molecule has 1 aliphatic heterocycles. The van der Waals surface area contributed by atoms with E-state index < -0.39 is 0 Å². The highest BCUT2D eigenvalue weighted by molar-refractivity contribution is 4.90. The van der Waals surface area contributed by atoms with Gasteiger partial charge in [-0.2, -0.15) is 0 Å². The summed E-state index contributed by atoms with van der Waals surface area (Å²) >= 11 is 0. The number of hydrogen-bond acceptors (Lipinski definition) is 2. The fourth-order valence-electron chi connectivity index (χ4n) is 3.25. The van der Waals surface area contributed by atoms with Crippen molar-refractivity contribution in [2.75, 3.05) is 6.61 Å². The highest BCUT2D eigenvalue weighted by atomic mass is 16.5. The Labute approximate surface area is 126 Å². The lowest BCUT2D eigenvalue weighted by Gasteiger charge is -2.30. The van der Waals surface area contributed by atoms with Gasteiger partial charge in [0.25, 0.3) is 0 Å². The number of hydrogen-bond donors (Lipinski definition) is 1. The molecule has 20 heavy (non-hydrogen) atoms. The molecule has 2 nitrogen and oxygen atoms in total. The van der Waals surface area contributed by atoms with E-state index >= 15 is 0 Å². The molecule has 0 aliphatic carbocycles. The van der Waals surface area contributed by atoms with E-state index in [0.717, 1.165) is 19.4 Å². The standard InChI is InChI=1S/C18H37NO/c1-3-4-5-6-7-8-9-10-11-12-14-17(19)18(2)15-13-16-20-18/h17H,3-16,19H2,1-2H3. The normalized spacial score (nSPS) is 24.1. The summed E-state index contributed by atoms with van der Waals surface area (Å²) in [6.07, 6.45) is 17.4. The molecule has 1 fully saturated rings. The summed E-state index contributed by atoms with van der Waals surface area (Å²) in [5.74, 6) is 0. The van der Waals surface area contributed by atoms with E-state index in [1.54, 1.807) is 0 Å². The summed E-state index contributed by atoms with van der Waals surface area (Å²) in [5, 5.41) is 0. The van der Waals surface area contributed by atoms with Crippen LogP contribution in [0.25, 0.3) is 0 Å². The Hall–Kier alpha value is -0.0800. The highest BCUT2D eigenvalue weighted by Gasteiger charge is 2.35. The Bertz CT molecular complexity index is 223. The summed E-state index contributed by atoms with van der Waals surface area (Å²) in [6, 6.07) is 0.235. The van der Waals surface area contributed by atoms with Crippen LogP contribution in [0.4, 0.5) is 0 Å². The topological polar surface area (TPSA) is 35.2 Å². The first-order chi connectivity index (χ1) is 9.69. The van der Waals surface area contributed by atoms with Gasteiger partial charge in [0, 0.05) is 12.6 Å². The highest BCUT2D eigenvalue weighted by Crippen LogP contribution is 2.29. The summed E-state index contributed by atoms with van der Waals surface area (Å²) < 4.78 is 5.82. The van der Waals surface area contributed by atoms with Crippen LogP contribution in [-0.2, 0) is 4.74 Å². The van der Waals surface area contributed by atoms with Gasteiger partial charge in [0.1, 0.15) is 0 Å². The molecular weight excluding hydrogens is 246 g/mol. The van der Waals surface area contributed by atoms with Crippen LogP contribution < -0.4 is 5.73 Å². The predicted octanol–water partition coefficient (Wildman–Crippen LogP) is 5.19. The molecule has 1 heterocycles. The Morgan fingerprint density at radius 2 is 1.50 bits per heavy atom. The third-order valence-electron chi connectivity index (χ3n) is 4.90. The molecule has 1 aliphatic rings. The van der Waals surface area contributed by atoms with Crippen molar-refractivity contribution in [1.29, 1.82) is 0 Å². The summed E-state index contributed by atoms with van der Waals surface area (Å²) in [7, 11) is 0. The smallest absolute Gasteiger partial charge is 0.0805 e. The first kappa shape index (κ1) is 18.0. The maximum absolute atomic E-state index is 6.30. The Balaban J connectivity index is 1.87. The Kier molecular flexibility index (Phi) is 9.54. The van der Waals surface area contributed by atoms with Gasteiger partial charge >= 0.3 is 0 Å². The third kappa shape index (κ3) is 7.08. The van der Waals surface area contributed by atoms with E-state index in [4.69, 9.17) is 10.5 Å². The molecule has 0 bridgehead atoms. The molecule has 120 valence electrons. The van der Waals surface area contributed by atoms with Gasteiger partial charge in [-0.05, 0) is 26.2 Å². The van der Waals surface area contributed by atoms with Crippen LogP contribution in [0.5, 0.6) is 0 Å². The van der Waals surface area contributed by atoms with Crippen LogP contribution in [0, 0.1) is 0 Å². The third-order valence-corrected chi connectivity index (χ3v) is 4.90. The van der Waals surface area contributed by atoms with Crippen LogP contribution in [0.2, 0.25) is 0 Å². The van der Waals surface area contributed by atoms with Crippen LogP contribution in [0.1, 0.15) is 97.3 Å². The predicted molar refractivity (Wildman–Crippen MR) is 88.0 cm³/mol. The summed E-state index contributed by atoms with van der Waals surface area (Å²) in [5.41, 5.74) is 6.27. The molecule has 2 unspecified atom stereocenters. The fraction of sp³-hybridized carbons (Fsp3) is 1.00. The second-order valence-corrected chi connectivity index (χ2v) is 6.84. The maximum Gasteiger partial charge on any atom is 0.0805 e. The molecule has 0 radical (unpaired) electrons.